The van der Waals surface area contributed by atoms with Gasteiger partial charge >= 0.3 is 0 Å². The molecule has 2 aromatic rings. The summed E-state index contributed by atoms with van der Waals surface area (Å²) in [6.45, 7) is 1.49. The van der Waals surface area contributed by atoms with Crippen molar-refractivity contribution in [3.05, 3.63) is 30.0 Å². The summed E-state index contributed by atoms with van der Waals surface area (Å²) in [4.78, 5) is 11.8. The molecule has 3 rings (SSSR count). The Kier molecular flexibility index (Phi) is 3.46. The Bertz CT molecular complexity index is 575. The van der Waals surface area contributed by atoms with E-state index in [9.17, 15) is 4.79 Å². The number of aromatic nitrogens is 1. The maximum absolute atomic E-state index is 11.8. The topological polar surface area (TPSA) is 67.2 Å². The summed E-state index contributed by atoms with van der Waals surface area (Å²) >= 11 is 0. The lowest BCUT2D eigenvalue weighted by molar-refractivity contribution is -0.120. The van der Waals surface area contributed by atoms with E-state index in [1.54, 1.807) is 0 Å². The molecule has 1 aliphatic carbocycles. The van der Waals surface area contributed by atoms with E-state index in [4.69, 9.17) is 4.52 Å². The Morgan fingerprint density at radius 2 is 2.16 bits per heavy atom. The van der Waals surface area contributed by atoms with E-state index < -0.39 is 0 Å². The highest BCUT2D eigenvalue weighted by Gasteiger charge is 2.19. The number of amides is 1. The number of para-hydroxylation sites is 1. The summed E-state index contributed by atoms with van der Waals surface area (Å²) in [6, 6.07) is 8.25. The van der Waals surface area contributed by atoms with Gasteiger partial charge in [0.15, 0.2) is 5.58 Å². The third-order valence-corrected chi connectivity index (χ3v) is 3.24. The van der Waals surface area contributed by atoms with Crippen molar-refractivity contribution in [2.24, 2.45) is 0 Å². The molecule has 0 saturated heterocycles. The van der Waals surface area contributed by atoms with E-state index >= 15 is 0 Å². The fourth-order valence-electron chi connectivity index (χ4n) is 2.05. The zero-order chi connectivity index (χ0) is 13.1. The van der Waals surface area contributed by atoms with Crippen LogP contribution in [-0.2, 0) is 11.2 Å². The van der Waals surface area contributed by atoms with Crippen LogP contribution < -0.4 is 10.6 Å². The molecule has 5 nitrogen and oxygen atoms in total. The SMILES string of the molecule is O=C(Cc1noc2ccccc12)NCCNC1CC1. The molecule has 19 heavy (non-hydrogen) atoms. The fraction of sp³-hybridized carbons (Fsp3) is 0.429. The Hall–Kier alpha value is -1.88. The second kappa shape index (κ2) is 5.40. The van der Waals surface area contributed by atoms with E-state index in [1.807, 2.05) is 24.3 Å². The van der Waals surface area contributed by atoms with Crippen molar-refractivity contribution >= 4 is 16.9 Å². The van der Waals surface area contributed by atoms with Crippen LogP contribution in [0, 0.1) is 0 Å². The minimum absolute atomic E-state index is 0.0170. The Balaban J connectivity index is 1.50. The van der Waals surface area contributed by atoms with Crippen LogP contribution in [0.25, 0.3) is 11.0 Å². The number of nitrogens with one attached hydrogen (secondary N) is 2. The molecule has 0 bridgehead atoms. The first-order chi connectivity index (χ1) is 9.33. The molecule has 100 valence electrons. The first-order valence-electron chi connectivity index (χ1n) is 6.66. The van der Waals surface area contributed by atoms with E-state index in [2.05, 4.69) is 15.8 Å². The first kappa shape index (κ1) is 12.2. The third kappa shape index (κ3) is 3.12. The normalized spacial score (nSPS) is 14.7. The monoisotopic (exact) mass is 259 g/mol. The number of carbonyl (C=O) groups excluding carboxylic acids is 1. The molecule has 0 radical (unpaired) electrons. The van der Waals surface area contributed by atoms with Crippen LogP contribution in [0.2, 0.25) is 0 Å². The molecule has 1 amide bonds. The summed E-state index contributed by atoms with van der Waals surface area (Å²) in [5.74, 6) is -0.0170. The molecule has 0 spiro atoms. The standard InChI is InChI=1S/C14H17N3O2/c18-14(16-8-7-15-10-5-6-10)9-12-11-3-1-2-4-13(11)19-17-12/h1-4,10,15H,5-9H2,(H,16,18). The number of benzene rings is 1. The summed E-state index contributed by atoms with van der Waals surface area (Å²) in [6.07, 6.45) is 2.79. The summed E-state index contributed by atoms with van der Waals surface area (Å²) in [5.41, 5.74) is 1.42. The molecule has 5 heteroatoms. The maximum atomic E-state index is 11.8. The van der Waals surface area contributed by atoms with Gasteiger partial charge in [-0.2, -0.15) is 0 Å². The van der Waals surface area contributed by atoms with Gasteiger partial charge in [0.05, 0.1) is 6.42 Å². The second-order valence-corrected chi connectivity index (χ2v) is 4.88. The Morgan fingerprint density at radius 3 is 3.00 bits per heavy atom. The average molecular weight is 259 g/mol. The van der Waals surface area contributed by atoms with Crippen molar-refractivity contribution in [1.82, 2.24) is 15.8 Å². The Labute approximate surface area is 111 Å². The number of rotatable bonds is 6. The highest BCUT2D eigenvalue weighted by Crippen LogP contribution is 2.18. The van der Waals surface area contributed by atoms with Crippen LogP contribution in [-0.4, -0.2) is 30.2 Å². The molecule has 1 aromatic heterocycles. The molecule has 1 aliphatic rings. The van der Waals surface area contributed by atoms with Crippen LogP contribution in [0.4, 0.5) is 0 Å². The second-order valence-electron chi connectivity index (χ2n) is 4.88. The van der Waals surface area contributed by atoms with Crippen molar-refractivity contribution in [3.63, 3.8) is 0 Å². The van der Waals surface area contributed by atoms with Gasteiger partial charge in [0.1, 0.15) is 5.69 Å². The highest BCUT2D eigenvalue weighted by molar-refractivity contribution is 5.86. The average Bonchev–Trinajstić information content (AvgIpc) is 3.17. The van der Waals surface area contributed by atoms with Crippen molar-refractivity contribution in [2.75, 3.05) is 13.1 Å². The molecule has 0 aliphatic heterocycles. The van der Waals surface area contributed by atoms with Crippen LogP contribution in [0.15, 0.2) is 28.8 Å². The van der Waals surface area contributed by atoms with E-state index in [0.717, 1.165) is 17.5 Å². The van der Waals surface area contributed by atoms with Gasteiger partial charge in [0.25, 0.3) is 0 Å². The number of nitrogens with zero attached hydrogens (tertiary/aromatic N) is 1. The van der Waals surface area contributed by atoms with Crippen molar-refractivity contribution < 1.29 is 9.32 Å². The number of fused-ring (bicyclic) bond motifs is 1. The number of hydrogen-bond acceptors (Lipinski definition) is 4. The van der Waals surface area contributed by atoms with Crippen LogP contribution in [0.5, 0.6) is 0 Å². The summed E-state index contributed by atoms with van der Waals surface area (Å²) in [5, 5.41) is 11.1. The molecular weight excluding hydrogens is 242 g/mol. The first-order valence-corrected chi connectivity index (χ1v) is 6.66. The van der Waals surface area contributed by atoms with Gasteiger partial charge in [-0.15, -0.1) is 0 Å². The van der Waals surface area contributed by atoms with Crippen molar-refractivity contribution in [2.45, 2.75) is 25.3 Å². The molecule has 0 unspecified atom stereocenters. The molecule has 1 fully saturated rings. The van der Waals surface area contributed by atoms with Crippen LogP contribution in [0.3, 0.4) is 0 Å². The lowest BCUT2D eigenvalue weighted by Crippen LogP contribution is -2.33. The molecule has 1 aromatic carbocycles. The van der Waals surface area contributed by atoms with E-state index in [0.29, 0.717) is 18.3 Å². The maximum Gasteiger partial charge on any atom is 0.226 e. The summed E-state index contributed by atoms with van der Waals surface area (Å²) < 4.78 is 5.17. The predicted molar refractivity (Wildman–Crippen MR) is 71.7 cm³/mol. The minimum atomic E-state index is -0.0170. The van der Waals surface area contributed by atoms with Gasteiger partial charge in [-0.25, -0.2) is 0 Å². The van der Waals surface area contributed by atoms with Gasteiger partial charge < -0.3 is 15.2 Å². The van der Waals surface area contributed by atoms with Crippen LogP contribution >= 0.6 is 0 Å². The highest BCUT2D eigenvalue weighted by atomic mass is 16.5. The van der Waals surface area contributed by atoms with Gasteiger partial charge in [0, 0.05) is 24.5 Å². The van der Waals surface area contributed by atoms with Crippen LogP contribution in [0.1, 0.15) is 18.5 Å². The lowest BCUT2D eigenvalue weighted by atomic mass is 10.1. The van der Waals surface area contributed by atoms with Gasteiger partial charge in [0.2, 0.25) is 5.91 Å². The quantitative estimate of drug-likeness (QED) is 0.766. The predicted octanol–water partition coefficient (Wildman–Crippen LogP) is 1.24. The fourth-order valence-corrected chi connectivity index (χ4v) is 2.05. The summed E-state index contributed by atoms with van der Waals surface area (Å²) in [7, 11) is 0. The zero-order valence-corrected chi connectivity index (χ0v) is 10.7. The van der Waals surface area contributed by atoms with Gasteiger partial charge in [-0.3, -0.25) is 4.79 Å². The largest absolute Gasteiger partial charge is 0.356 e. The Morgan fingerprint density at radius 1 is 1.32 bits per heavy atom. The zero-order valence-electron chi connectivity index (χ0n) is 10.7. The van der Waals surface area contributed by atoms with Crippen molar-refractivity contribution in [1.29, 1.82) is 0 Å². The van der Waals surface area contributed by atoms with Crippen molar-refractivity contribution in [3.8, 4) is 0 Å². The third-order valence-electron chi connectivity index (χ3n) is 3.24. The van der Waals surface area contributed by atoms with Gasteiger partial charge in [-0.1, -0.05) is 17.3 Å². The van der Waals surface area contributed by atoms with Gasteiger partial charge in [-0.05, 0) is 25.0 Å². The number of hydrogen-bond donors (Lipinski definition) is 2. The molecular formula is C14H17N3O2. The minimum Gasteiger partial charge on any atom is -0.356 e. The molecule has 0 atom stereocenters. The molecule has 1 saturated carbocycles. The van der Waals surface area contributed by atoms with E-state index in [-0.39, 0.29) is 12.3 Å². The molecule has 2 N–H and O–H groups in total. The lowest BCUT2D eigenvalue weighted by Gasteiger charge is -2.04. The van der Waals surface area contributed by atoms with E-state index in [1.165, 1.54) is 12.8 Å². The number of carbonyl (C=O) groups is 1. The molecule has 1 heterocycles. The smallest absolute Gasteiger partial charge is 0.226 e.